The molecular weight excluding hydrogens is 330 g/mol. The third-order valence-corrected chi connectivity index (χ3v) is 5.05. The van der Waals surface area contributed by atoms with Crippen LogP contribution >= 0.6 is 0 Å². The Balaban J connectivity index is 1.44. The van der Waals surface area contributed by atoms with E-state index in [1.807, 2.05) is 7.05 Å². The first kappa shape index (κ1) is 17.9. The fourth-order valence-corrected chi connectivity index (χ4v) is 3.52. The van der Waals surface area contributed by atoms with E-state index in [9.17, 15) is 14.4 Å². The number of likely N-dealkylation sites (N-methyl/N-ethyl adjacent to an activating group) is 1. The van der Waals surface area contributed by atoms with Crippen molar-refractivity contribution in [3.8, 4) is 0 Å². The molecule has 3 fully saturated rings. The number of amides is 4. The number of nitrogens with one attached hydrogen (secondary N) is 1. The molecule has 0 radical (unpaired) electrons. The first-order valence-corrected chi connectivity index (χ1v) is 8.53. The summed E-state index contributed by atoms with van der Waals surface area (Å²) < 4.78 is 0. The van der Waals surface area contributed by atoms with E-state index in [2.05, 4.69) is 10.4 Å². The molecule has 25 heavy (non-hydrogen) atoms. The Bertz CT molecular complexity index is 536. The minimum absolute atomic E-state index is 0.0127. The topological polar surface area (TPSA) is 94.7 Å². The van der Waals surface area contributed by atoms with Crippen LogP contribution in [0.3, 0.4) is 0 Å². The van der Waals surface area contributed by atoms with Gasteiger partial charge in [-0.05, 0) is 19.9 Å². The van der Waals surface area contributed by atoms with E-state index < -0.39 is 11.9 Å². The molecule has 0 aromatic heterocycles. The van der Waals surface area contributed by atoms with Gasteiger partial charge in [-0.2, -0.15) is 5.06 Å². The fourth-order valence-electron chi connectivity index (χ4n) is 3.52. The maximum absolute atomic E-state index is 12.3. The summed E-state index contributed by atoms with van der Waals surface area (Å²) in [5, 5.41) is 1.31. The molecule has 2 atom stereocenters. The van der Waals surface area contributed by atoms with Gasteiger partial charge in [-0.25, -0.2) is 10.3 Å². The summed E-state index contributed by atoms with van der Waals surface area (Å²) in [4.78, 5) is 52.1. The molecule has 0 aromatic carbocycles. The predicted octanol–water partition coefficient (Wildman–Crippen LogP) is -1.36. The van der Waals surface area contributed by atoms with E-state index in [0.29, 0.717) is 32.5 Å². The van der Waals surface area contributed by atoms with Crippen LogP contribution in [0, 0.1) is 0 Å². The van der Waals surface area contributed by atoms with Crippen molar-refractivity contribution < 1.29 is 24.1 Å². The highest BCUT2D eigenvalue weighted by Crippen LogP contribution is 2.29. The van der Waals surface area contributed by atoms with Crippen LogP contribution in [-0.2, 0) is 19.3 Å². The van der Waals surface area contributed by atoms with Crippen LogP contribution in [0.25, 0.3) is 0 Å². The van der Waals surface area contributed by atoms with Crippen LogP contribution in [0.2, 0.25) is 0 Å². The van der Waals surface area contributed by atoms with E-state index in [0.717, 1.165) is 13.1 Å². The van der Waals surface area contributed by atoms with E-state index in [-0.39, 0.29) is 24.6 Å². The molecule has 2 bridgehead atoms. The second kappa shape index (κ2) is 7.54. The number of hydrogen-bond acceptors (Lipinski definition) is 6. The van der Waals surface area contributed by atoms with Gasteiger partial charge in [-0.1, -0.05) is 0 Å². The smallest absolute Gasteiger partial charge is 0.338 e. The maximum Gasteiger partial charge on any atom is 0.345 e. The van der Waals surface area contributed by atoms with Crippen LogP contribution in [-0.4, -0.2) is 103 Å². The number of hydrogen-bond donors (Lipinski definition) is 1. The second-order valence-corrected chi connectivity index (χ2v) is 6.63. The van der Waals surface area contributed by atoms with Crippen LogP contribution in [0.5, 0.6) is 0 Å². The average molecular weight is 355 g/mol. The quantitative estimate of drug-likeness (QED) is 0.612. The normalized spacial score (nSPS) is 27.0. The average Bonchev–Trinajstić information content (AvgIpc) is 2.85. The third kappa shape index (κ3) is 3.70. The highest BCUT2D eigenvalue weighted by molar-refractivity contribution is 5.88. The zero-order chi connectivity index (χ0) is 18.0. The summed E-state index contributed by atoms with van der Waals surface area (Å²) in [5.41, 5.74) is 2.32. The van der Waals surface area contributed by atoms with Gasteiger partial charge < -0.3 is 14.7 Å². The van der Waals surface area contributed by atoms with Gasteiger partial charge in [0.1, 0.15) is 6.04 Å². The van der Waals surface area contributed by atoms with Crippen molar-refractivity contribution >= 4 is 17.8 Å². The SMILES string of the molecule is CON1C(=O)N2C[C@H]1CC[C@H]2C(=O)NOCC(=O)N1CCN(C)CC1. The minimum atomic E-state index is -0.595. The Labute approximate surface area is 146 Å². The Morgan fingerprint density at radius 3 is 2.60 bits per heavy atom. The summed E-state index contributed by atoms with van der Waals surface area (Å²) in [6, 6.07) is -0.914. The molecule has 0 aliphatic carbocycles. The predicted molar refractivity (Wildman–Crippen MR) is 85.9 cm³/mol. The maximum atomic E-state index is 12.3. The van der Waals surface area contributed by atoms with Crippen LogP contribution in [0.15, 0.2) is 0 Å². The van der Waals surface area contributed by atoms with Crippen molar-refractivity contribution in [3.63, 3.8) is 0 Å². The molecule has 0 spiro atoms. The van der Waals surface area contributed by atoms with Crippen molar-refractivity contribution in [2.45, 2.75) is 24.9 Å². The molecule has 0 saturated carbocycles. The number of hydroxylamine groups is 3. The van der Waals surface area contributed by atoms with Gasteiger partial charge in [0.05, 0.1) is 13.2 Å². The lowest BCUT2D eigenvalue weighted by Crippen LogP contribution is -2.51. The Morgan fingerprint density at radius 1 is 1.20 bits per heavy atom. The molecule has 3 rings (SSSR count). The van der Waals surface area contributed by atoms with Gasteiger partial charge in [-0.15, -0.1) is 0 Å². The first-order valence-electron chi connectivity index (χ1n) is 8.53. The van der Waals surface area contributed by atoms with Crippen molar-refractivity contribution in [1.82, 2.24) is 25.2 Å². The van der Waals surface area contributed by atoms with E-state index in [1.165, 1.54) is 17.1 Å². The highest BCUT2D eigenvalue weighted by atomic mass is 16.7. The monoisotopic (exact) mass is 355 g/mol. The van der Waals surface area contributed by atoms with E-state index in [1.54, 1.807) is 4.90 Å². The lowest BCUT2D eigenvalue weighted by Gasteiger charge is -2.32. The molecule has 0 aromatic rings. The van der Waals surface area contributed by atoms with Crippen LogP contribution in [0.4, 0.5) is 4.79 Å². The van der Waals surface area contributed by atoms with E-state index >= 15 is 0 Å². The van der Waals surface area contributed by atoms with Crippen molar-refractivity contribution in [1.29, 1.82) is 0 Å². The molecule has 3 aliphatic rings. The Hall–Kier alpha value is -1.91. The molecule has 3 saturated heterocycles. The second-order valence-electron chi connectivity index (χ2n) is 6.63. The van der Waals surface area contributed by atoms with Gasteiger partial charge >= 0.3 is 6.03 Å². The number of carbonyl (C=O) groups excluding carboxylic acids is 3. The number of carbonyl (C=O) groups is 3. The zero-order valence-electron chi connectivity index (χ0n) is 14.6. The standard InChI is InChI=1S/C15H25N5O5/c1-17-5-7-18(8-6-17)13(21)10-25-16-14(22)12-4-3-11-9-19(12)15(23)20(11)24-2/h11-12H,3-10H2,1-2H3,(H,16,22)/t11-,12+/m1/s1. The number of urea groups is 1. The van der Waals surface area contributed by atoms with Crippen LogP contribution in [0.1, 0.15) is 12.8 Å². The largest absolute Gasteiger partial charge is 0.345 e. The number of rotatable bonds is 5. The lowest BCUT2D eigenvalue weighted by atomic mass is 10.0. The lowest BCUT2D eigenvalue weighted by molar-refractivity contribution is -0.148. The zero-order valence-corrected chi connectivity index (χ0v) is 14.6. The summed E-state index contributed by atoms with van der Waals surface area (Å²) in [5.74, 6) is -0.559. The third-order valence-electron chi connectivity index (χ3n) is 5.05. The van der Waals surface area contributed by atoms with Crippen molar-refractivity contribution in [2.75, 3.05) is 53.5 Å². The van der Waals surface area contributed by atoms with Gasteiger partial charge in [0.2, 0.25) is 0 Å². The molecule has 0 unspecified atom stereocenters. The van der Waals surface area contributed by atoms with E-state index in [4.69, 9.17) is 9.68 Å². The number of fused-ring (bicyclic) bond motifs is 2. The molecule has 10 nitrogen and oxygen atoms in total. The number of nitrogens with zero attached hydrogens (tertiary/aromatic N) is 4. The summed E-state index contributed by atoms with van der Waals surface area (Å²) >= 11 is 0. The molecule has 1 N–H and O–H groups in total. The molecule has 140 valence electrons. The van der Waals surface area contributed by atoms with Crippen molar-refractivity contribution in [3.05, 3.63) is 0 Å². The van der Waals surface area contributed by atoms with Gasteiger partial charge in [0.15, 0.2) is 6.61 Å². The molecule has 3 aliphatic heterocycles. The number of piperazine rings is 1. The van der Waals surface area contributed by atoms with Crippen molar-refractivity contribution in [2.24, 2.45) is 0 Å². The molecular formula is C15H25N5O5. The minimum Gasteiger partial charge on any atom is -0.338 e. The Kier molecular flexibility index (Phi) is 5.40. The molecule has 3 heterocycles. The number of piperidine rings is 1. The first-order chi connectivity index (χ1) is 12.0. The van der Waals surface area contributed by atoms with Crippen LogP contribution < -0.4 is 5.48 Å². The molecule has 10 heteroatoms. The van der Waals surface area contributed by atoms with Gasteiger partial charge in [0.25, 0.3) is 11.8 Å². The van der Waals surface area contributed by atoms with Gasteiger partial charge in [0, 0.05) is 32.7 Å². The van der Waals surface area contributed by atoms with Gasteiger partial charge in [-0.3, -0.25) is 19.3 Å². The molecule has 4 amide bonds. The summed E-state index contributed by atoms with van der Waals surface area (Å²) in [6.45, 7) is 3.23. The highest BCUT2D eigenvalue weighted by Gasteiger charge is 2.47. The fraction of sp³-hybridized carbons (Fsp3) is 0.800. The summed E-state index contributed by atoms with van der Waals surface area (Å²) in [7, 11) is 3.46. The Morgan fingerprint density at radius 2 is 1.92 bits per heavy atom. The summed E-state index contributed by atoms with van der Waals surface area (Å²) in [6.07, 6.45) is 1.23.